The molecule has 1 saturated heterocycles. The normalized spacial score (nSPS) is 22.2. The van der Waals surface area contributed by atoms with Gasteiger partial charge < -0.3 is 14.3 Å². The highest BCUT2D eigenvalue weighted by Gasteiger charge is 2.53. The van der Waals surface area contributed by atoms with Crippen LogP contribution < -0.4 is 16.0 Å². The first kappa shape index (κ1) is 23.1. The summed E-state index contributed by atoms with van der Waals surface area (Å²) in [5.41, 5.74) is 8.04. The third-order valence-electron chi connectivity index (χ3n) is 9.25. The molecule has 0 bridgehead atoms. The number of benzene rings is 3. The van der Waals surface area contributed by atoms with Gasteiger partial charge in [-0.25, -0.2) is 0 Å². The Morgan fingerprint density at radius 1 is 0.838 bits per heavy atom. The molecule has 3 aromatic carbocycles. The van der Waals surface area contributed by atoms with Crippen molar-refractivity contribution in [1.29, 1.82) is 0 Å². The van der Waals surface area contributed by atoms with Gasteiger partial charge in [-0.2, -0.15) is 0 Å². The van der Waals surface area contributed by atoms with Gasteiger partial charge in [0.05, 0.1) is 11.2 Å². The standard InChI is InChI=1S/C33H34BNO2/c1-31(2)19-22(20-12-8-7-9-13-20)17-27-28(31)26-18-24-23-15-11-10-14-21(23)16-25(24)29(30(26)35-27)34-36-32(3,4)33(5,6)37-34/h7-18,22,35H,19H2,1-6H3. The fourth-order valence-electron chi connectivity index (χ4n) is 6.68. The molecular formula is C33H34BNO2. The van der Waals surface area contributed by atoms with Gasteiger partial charge in [-0.05, 0) is 84.7 Å². The first-order valence-corrected chi connectivity index (χ1v) is 13.5. The molecule has 1 fully saturated rings. The number of fused-ring (bicyclic) bond motifs is 6. The molecule has 0 radical (unpaired) electrons. The molecule has 2 heterocycles. The van der Waals surface area contributed by atoms with E-state index in [1.807, 2.05) is 0 Å². The van der Waals surface area contributed by atoms with Gasteiger partial charge in [0.2, 0.25) is 0 Å². The van der Waals surface area contributed by atoms with E-state index in [2.05, 4.69) is 119 Å². The van der Waals surface area contributed by atoms with Crippen molar-refractivity contribution in [2.75, 3.05) is 0 Å². The van der Waals surface area contributed by atoms with Crippen molar-refractivity contribution in [3.63, 3.8) is 0 Å². The predicted octanol–water partition coefficient (Wildman–Crippen LogP) is 5.52. The number of aromatic nitrogens is 1. The van der Waals surface area contributed by atoms with E-state index in [-0.39, 0.29) is 5.41 Å². The molecule has 1 atom stereocenters. The summed E-state index contributed by atoms with van der Waals surface area (Å²) in [6.07, 6.45) is 5.82. The van der Waals surface area contributed by atoms with Crippen LogP contribution in [0.1, 0.15) is 70.6 Å². The quantitative estimate of drug-likeness (QED) is 0.333. The van der Waals surface area contributed by atoms with Crippen molar-refractivity contribution < 1.29 is 9.31 Å². The first-order chi connectivity index (χ1) is 17.6. The maximum absolute atomic E-state index is 6.68. The van der Waals surface area contributed by atoms with E-state index in [1.54, 1.807) is 0 Å². The first-order valence-electron chi connectivity index (χ1n) is 13.5. The number of hydrogen-bond acceptors (Lipinski definition) is 2. The number of hydrogen-bond donors (Lipinski definition) is 1. The van der Waals surface area contributed by atoms with Gasteiger partial charge in [-0.1, -0.05) is 74.5 Å². The predicted molar refractivity (Wildman–Crippen MR) is 154 cm³/mol. The Kier molecular flexibility index (Phi) is 4.67. The molecule has 37 heavy (non-hydrogen) atoms. The molecule has 4 aromatic rings. The molecule has 186 valence electrons. The smallest absolute Gasteiger partial charge is 0.399 e. The maximum Gasteiger partial charge on any atom is 0.497 e. The van der Waals surface area contributed by atoms with Crippen molar-refractivity contribution in [3.8, 4) is 11.1 Å². The van der Waals surface area contributed by atoms with Gasteiger partial charge in [-0.3, -0.25) is 0 Å². The lowest BCUT2D eigenvalue weighted by Crippen LogP contribution is -2.44. The fraction of sp³-hybridized carbons (Fsp3) is 0.333. The average molecular weight is 487 g/mol. The van der Waals surface area contributed by atoms with Crippen LogP contribution in [0.5, 0.6) is 0 Å². The average Bonchev–Trinajstić information content (AvgIpc) is 3.46. The highest BCUT2D eigenvalue weighted by atomic mass is 16.7. The third-order valence-corrected chi connectivity index (χ3v) is 9.25. The highest BCUT2D eigenvalue weighted by molar-refractivity contribution is 6.65. The van der Waals surface area contributed by atoms with Gasteiger partial charge in [0.15, 0.2) is 0 Å². The van der Waals surface area contributed by atoms with Crippen LogP contribution in [0.4, 0.5) is 0 Å². The second-order valence-corrected chi connectivity index (χ2v) is 12.7. The lowest BCUT2D eigenvalue weighted by Gasteiger charge is -2.32. The summed E-state index contributed by atoms with van der Waals surface area (Å²) in [5, 5.41) is 3.73. The number of H-pyrrole nitrogens is 1. The molecular weight excluding hydrogens is 453 g/mol. The van der Waals surface area contributed by atoms with E-state index in [0.29, 0.717) is 5.92 Å². The summed E-state index contributed by atoms with van der Waals surface area (Å²) in [5.74, 6) is 0.371. The van der Waals surface area contributed by atoms with Crippen molar-refractivity contribution in [2.45, 2.75) is 70.5 Å². The van der Waals surface area contributed by atoms with Crippen LogP contribution in [-0.4, -0.2) is 23.3 Å². The van der Waals surface area contributed by atoms with Crippen LogP contribution in [-0.2, 0) is 14.7 Å². The Bertz CT molecular complexity index is 1680. The Morgan fingerprint density at radius 2 is 1.51 bits per heavy atom. The Balaban J connectivity index is 1.54. The summed E-state index contributed by atoms with van der Waals surface area (Å²) in [7, 11) is -0.443. The summed E-state index contributed by atoms with van der Waals surface area (Å²) in [4.78, 5) is 3.89. The molecule has 0 amide bonds. The molecule has 3 aliphatic rings. The maximum atomic E-state index is 6.68. The van der Waals surface area contributed by atoms with Gasteiger partial charge in [0, 0.05) is 27.6 Å². The Hall–Kier alpha value is -3.08. The van der Waals surface area contributed by atoms with Gasteiger partial charge in [0.25, 0.3) is 0 Å². The molecule has 0 spiro atoms. The highest BCUT2D eigenvalue weighted by Crippen LogP contribution is 2.42. The van der Waals surface area contributed by atoms with E-state index in [1.165, 1.54) is 43.8 Å². The van der Waals surface area contributed by atoms with Crippen LogP contribution >= 0.6 is 0 Å². The van der Waals surface area contributed by atoms with E-state index in [0.717, 1.165) is 17.4 Å². The summed E-state index contributed by atoms with van der Waals surface area (Å²) in [6, 6.07) is 22.0. The van der Waals surface area contributed by atoms with Crippen LogP contribution in [0, 0.1) is 0 Å². The molecule has 0 saturated carbocycles. The molecule has 1 aliphatic heterocycles. The molecule has 4 heteroatoms. The molecule has 1 N–H and O–H groups in total. The Morgan fingerprint density at radius 3 is 2.24 bits per heavy atom. The zero-order chi connectivity index (χ0) is 25.7. The summed E-state index contributed by atoms with van der Waals surface area (Å²) in [6.45, 7) is 13.3. The molecule has 1 unspecified atom stereocenters. The van der Waals surface area contributed by atoms with Crippen LogP contribution in [0.2, 0.25) is 0 Å². The van der Waals surface area contributed by atoms with E-state index >= 15 is 0 Å². The van der Waals surface area contributed by atoms with E-state index in [4.69, 9.17) is 9.31 Å². The lowest BCUT2D eigenvalue weighted by atomic mass is 9.70. The minimum Gasteiger partial charge on any atom is -0.399 e. The molecule has 3 nitrogen and oxygen atoms in total. The largest absolute Gasteiger partial charge is 0.497 e. The molecule has 2 aliphatic carbocycles. The van der Waals surface area contributed by atoms with Crippen molar-refractivity contribution in [1.82, 2.24) is 4.98 Å². The number of rotatable bonds is 2. The van der Waals surface area contributed by atoms with Crippen molar-refractivity contribution >= 4 is 35.6 Å². The zero-order valence-corrected chi connectivity index (χ0v) is 22.6. The van der Waals surface area contributed by atoms with E-state index < -0.39 is 18.3 Å². The van der Waals surface area contributed by atoms with E-state index in [9.17, 15) is 0 Å². The number of nitrogens with one attached hydrogen (secondary N) is 1. The molecule has 1 aromatic heterocycles. The van der Waals surface area contributed by atoms with Crippen LogP contribution in [0.3, 0.4) is 0 Å². The second kappa shape index (κ2) is 7.49. The van der Waals surface area contributed by atoms with Crippen molar-refractivity contribution in [2.24, 2.45) is 0 Å². The minimum atomic E-state index is -0.443. The number of aromatic amines is 1. The van der Waals surface area contributed by atoms with Gasteiger partial charge >= 0.3 is 7.12 Å². The van der Waals surface area contributed by atoms with Crippen LogP contribution in [0.15, 0.2) is 60.7 Å². The summed E-state index contributed by atoms with van der Waals surface area (Å²) < 4.78 is 13.4. The topological polar surface area (TPSA) is 34.2 Å². The lowest BCUT2D eigenvalue weighted by molar-refractivity contribution is 0.00578. The van der Waals surface area contributed by atoms with Gasteiger partial charge in [-0.15, -0.1) is 0 Å². The second-order valence-electron chi connectivity index (χ2n) is 12.7. The third kappa shape index (κ3) is 3.28. The SMILES string of the molecule is CC1(C)CC(c2ccccc2)C=c2[nH]c3c(B4OC(C)(C)C(C)(C)O4)c4c(cc3c21)-c1ccccc1C=4. The monoisotopic (exact) mass is 487 g/mol. The fourth-order valence-corrected chi connectivity index (χ4v) is 6.68. The molecule has 7 rings (SSSR count). The summed E-state index contributed by atoms with van der Waals surface area (Å²) >= 11 is 0. The van der Waals surface area contributed by atoms with Gasteiger partial charge in [0.1, 0.15) is 0 Å². The van der Waals surface area contributed by atoms with Crippen LogP contribution in [0.25, 0.3) is 34.2 Å². The minimum absolute atomic E-state index is 0.00607. The Labute approximate surface area is 219 Å². The zero-order valence-electron chi connectivity index (χ0n) is 22.6. The van der Waals surface area contributed by atoms with Crippen molar-refractivity contribution in [3.05, 3.63) is 87.9 Å².